The second-order valence-electron chi connectivity index (χ2n) is 6.17. The van der Waals surface area contributed by atoms with Gasteiger partial charge in [-0.25, -0.2) is 14.0 Å². The molecule has 6 nitrogen and oxygen atoms in total. The highest BCUT2D eigenvalue weighted by atomic mass is 32.1. The SMILES string of the molecule is CN1CC[C@@H](OC(=O)N(Cc2ccc(C(=O)O)s2)c2ccccc2F)C1. The number of amides is 1. The van der Waals surface area contributed by atoms with Gasteiger partial charge in [0.1, 0.15) is 16.8 Å². The van der Waals surface area contributed by atoms with E-state index in [-0.39, 0.29) is 23.2 Å². The summed E-state index contributed by atoms with van der Waals surface area (Å²) >= 11 is 1.05. The fourth-order valence-electron chi connectivity index (χ4n) is 2.85. The van der Waals surface area contributed by atoms with Crippen molar-refractivity contribution in [2.24, 2.45) is 0 Å². The summed E-state index contributed by atoms with van der Waals surface area (Å²) in [5.41, 5.74) is 0.106. The zero-order valence-corrected chi connectivity index (χ0v) is 15.0. The number of ether oxygens (including phenoxy) is 1. The molecule has 1 aromatic heterocycles. The minimum atomic E-state index is -1.03. The molecule has 1 aliphatic heterocycles. The van der Waals surface area contributed by atoms with Crippen molar-refractivity contribution in [3.8, 4) is 0 Å². The molecule has 0 saturated carbocycles. The van der Waals surface area contributed by atoms with Crippen molar-refractivity contribution in [2.75, 3.05) is 25.0 Å². The standard InChI is InChI=1S/C18H19FN2O4S/c1-20-9-8-12(10-20)25-18(24)21(15-5-3-2-4-14(15)19)11-13-6-7-16(26-13)17(22)23/h2-7,12H,8-11H2,1H3,(H,22,23)/t12-/m1/s1. The first-order valence-electron chi connectivity index (χ1n) is 8.17. The lowest BCUT2D eigenvalue weighted by Crippen LogP contribution is -2.35. The van der Waals surface area contributed by atoms with E-state index in [4.69, 9.17) is 9.84 Å². The molecule has 138 valence electrons. The Kier molecular flexibility index (Phi) is 5.53. The Morgan fingerprint density at radius 1 is 1.35 bits per heavy atom. The van der Waals surface area contributed by atoms with Gasteiger partial charge >= 0.3 is 12.1 Å². The van der Waals surface area contributed by atoms with Gasteiger partial charge in [-0.05, 0) is 37.7 Å². The number of carboxylic acids is 1. The summed E-state index contributed by atoms with van der Waals surface area (Å²) in [7, 11) is 1.95. The van der Waals surface area contributed by atoms with Crippen molar-refractivity contribution in [3.63, 3.8) is 0 Å². The number of hydrogen-bond donors (Lipinski definition) is 1. The molecule has 0 radical (unpaired) electrons. The van der Waals surface area contributed by atoms with Crippen LogP contribution in [0.15, 0.2) is 36.4 Å². The Labute approximate surface area is 154 Å². The second-order valence-corrected chi connectivity index (χ2v) is 7.33. The van der Waals surface area contributed by atoms with E-state index in [0.717, 1.165) is 24.3 Å². The molecule has 1 atom stereocenters. The van der Waals surface area contributed by atoms with Crippen LogP contribution in [0.1, 0.15) is 21.0 Å². The van der Waals surface area contributed by atoms with Crippen LogP contribution in [0.25, 0.3) is 0 Å². The summed E-state index contributed by atoms with van der Waals surface area (Å²) in [6.45, 7) is 1.52. The van der Waals surface area contributed by atoms with Crippen molar-refractivity contribution in [1.29, 1.82) is 0 Å². The Bertz CT molecular complexity index is 810. The van der Waals surface area contributed by atoms with E-state index in [0.29, 0.717) is 11.4 Å². The third kappa shape index (κ3) is 4.20. The van der Waals surface area contributed by atoms with Crippen molar-refractivity contribution in [3.05, 3.63) is 52.0 Å². The molecule has 0 bridgehead atoms. The molecule has 1 N–H and O–H groups in total. The molecular formula is C18H19FN2O4S. The van der Waals surface area contributed by atoms with Gasteiger partial charge in [0.2, 0.25) is 0 Å². The molecule has 26 heavy (non-hydrogen) atoms. The van der Waals surface area contributed by atoms with Crippen molar-refractivity contribution >= 4 is 29.1 Å². The molecule has 3 rings (SSSR count). The van der Waals surface area contributed by atoms with Crippen LogP contribution in [0.2, 0.25) is 0 Å². The van der Waals surface area contributed by atoms with E-state index in [1.54, 1.807) is 18.2 Å². The van der Waals surface area contributed by atoms with Crippen LogP contribution in [0.3, 0.4) is 0 Å². The maximum atomic E-state index is 14.3. The molecule has 1 amide bonds. The number of anilines is 1. The van der Waals surface area contributed by atoms with Gasteiger partial charge in [-0.15, -0.1) is 11.3 Å². The lowest BCUT2D eigenvalue weighted by Gasteiger charge is -2.24. The highest BCUT2D eigenvalue weighted by Crippen LogP contribution is 2.26. The summed E-state index contributed by atoms with van der Waals surface area (Å²) < 4.78 is 19.8. The largest absolute Gasteiger partial charge is 0.477 e. The Balaban J connectivity index is 1.82. The number of thiophene rings is 1. The average molecular weight is 378 g/mol. The summed E-state index contributed by atoms with van der Waals surface area (Å²) in [6.07, 6.45) is -0.143. The Morgan fingerprint density at radius 2 is 2.12 bits per heavy atom. The lowest BCUT2D eigenvalue weighted by molar-refractivity contribution is 0.0702. The number of rotatable bonds is 5. The third-order valence-electron chi connectivity index (χ3n) is 4.17. The maximum Gasteiger partial charge on any atom is 0.415 e. The zero-order chi connectivity index (χ0) is 18.7. The first-order valence-corrected chi connectivity index (χ1v) is 8.99. The Morgan fingerprint density at radius 3 is 2.73 bits per heavy atom. The van der Waals surface area contributed by atoms with Gasteiger partial charge in [0.05, 0.1) is 12.2 Å². The van der Waals surface area contributed by atoms with Gasteiger partial charge < -0.3 is 14.7 Å². The Hall–Kier alpha value is -2.45. The molecule has 8 heteroatoms. The van der Waals surface area contributed by atoms with Crippen molar-refractivity contribution < 1.29 is 23.8 Å². The molecular weight excluding hydrogens is 359 g/mol. The predicted octanol–water partition coefficient (Wildman–Crippen LogP) is 3.43. The van der Waals surface area contributed by atoms with E-state index in [1.807, 2.05) is 7.05 Å². The topological polar surface area (TPSA) is 70.1 Å². The molecule has 0 aliphatic carbocycles. The van der Waals surface area contributed by atoms with E-state index in [1.165, 1.54) is 23.1 Å². The minimum absolute atomic E-state index is 0.0419. The summed E-state index contributed by atoms with van der Waals surface area (Å²) in [5, 5.41) is 9.06. The number of benzene rings is 1. The lowest BCUT2D eigenvalue weighted by atomic mass is 10.2. The zero-order valence-electron chi connectivity index (χ0n) is 14.2. The first kappa shape index (κ1) is 18.3. The minimum Gasteiger partial charge on any atom is -0.477 e. The van der Waals surface area contributed by atoms with Gasteiger partial charge in [0.15, 0.2) is 0 Å². The first-order chi connectivity index (χ1) is 12.4. The molecule has 1 aliphatic rings. The average Bonchev–Trinajstić information content (AvgIpc) is 3.22. The van der Waals surface area contributed by atoms with E-state index >= 15 is 0 Å². The number of carbonyl (C=O) groups is 2. The van der Waals surface area contributed by atoms with Gasteiger partial charge in [0, 0.05) is 18.0 Å². The van der Waals surface area contributed by atoms with Crippen LogP contribution in [-0.4, -0.2) is 48.3 Å². The number of nitrogens with zero attached hydrogens (tertiary/aromatic N) is 2. The van der Waals surface area contributed by atoms with Crippen molar-refractivity contribution in [2.45, 2.75) is 19.1 Å². The molecule has 2 aromatic rings. The normalized spacial score (nSPS) is 17.2. The summed E-state index contributed by atoms with van der Waals surface area (Å²) in [4.78, 5) is 27.8. The third-order valence-corrected chi connectivity index (χ3v) is 5.22. The highest BCUT2D eigenvalue weighted by molar-refractivity contribution is 7.13. The summed E-state index contributed by atoms with van der Waals surface area (Å²) in [5.74, 6) is -1.57. The molecule has 1 fully saturated rings. The number of carboxylic acid groups (broad SMARTS) is 1. The van der Waals surface area contributed by atoms with Gasteiger partial charge in [-0.1, -0.05) is 12.1 Å². The van der Waals surface area contributed by atoms with Crippen LogP contribution in [-0.2, 0) is 11.3 Å². The van der Waals surface area contributed by atoms with Crippen LogP contribution < -0.4 is 4.90 Å². The number of carbonyl (C=O) groups excluding carboxylic acids is 1. The predicted molar refractivity (Wildman–Crippen MR) is 96.2 cm³/mol. The number of hydrogen-bond acceptors (Lipinski definition) is 5. The fourth-order valence-corrected chi connectivity index (χ4v) is 3.68. The van der Waals surface area contributed by atoms with Gasteiger partial charge in [-0.3, -0.25) is 4.90 Å². The summed E-state index contributed by atoms with van der Waals surface area (Å²) in [6, 6.07) is 9.05. The quantitative estimate of drug-likeness (QED) is 0.863. The van der Waals surface area contributed by atoms with Crippen LogP contribution in [0, 0.1) is 5.82 Å². The molecule has 1 saturated heterocycles. The number of halogens is 1. The number of aromatic carboxylic acids is 1. The van der Waals surface area contributed by atoms with Gasteiger partial charge in [-0.2, -0.15) is 0 Å². The van der Waals surface area contributed by atoms with Crippen LogP contribution in [0.5, 0.6) is 0 Å². The van der Waals surface area contributed by atoms with Crippen molar-refractivity contribution in [1.82, 2.24) is 4.90 Å². The maximum absolute atomic E-state index is 14.3. The monoisotopic (exact) mass is 378 g/mol. The van der Waals surface area contributed by atoms with Crippen LogP contribution >= 0.6 is 11.3 Å². The number of likely N-dealkylation sites (tertiary alicyclic amines) is 1. The smallest absolute Gasteiger partial charge is 0.415 e. The molecule has 0 unspecified atom stereocenters. The molecule has 0 spiro atoms. The number of likely N-dealkylation sites (N-methyl/N-ethyl adjacent to an activating group) is 1. The molecule has 1 aromatic carbocycles. The fraction of sp³-hybridized carbons (Fsp3) is 0.333. The second kappa shape index (κ2) is 7.84. The van der Waals surface area contributed by atoms with Crippen LogP contribution in [0.4, 0.5) is 14.9 Å². The van der Waals surface area contributed by atoms with Gasteiger partial charge in [0.25, 0.3) is 0 Å². The molecule has 2 heterocycles. The van der Waals surface area contributed by atoms with E-state index < -0.39 is 17.9 Å². The van der Waals surface area contributed by atoms with E-state index in [2.05, 4.69) is 4.90 Å². The van der Waals surface area contributed by atoms with E-state index in [9.17, 15) is 14.0 Å². The number of para-hydroxylation sites is 1. The highest BCUT2D eigenvalue weighted by Gasteiger charge is 2.28.